The van der Waals surface area contributed by atoms with Crippen molar-refractivity contribution in [1.82, 2.24) is 10.2 Å². The van der Waals surface area contributed by atoms with Crippen molar-refractivity contribution in [2.45, 2.75) is 45.2 Å². The Hall–Kier alpha value is -2.62. The maximum absolute atomic E-state index is 13.5. The molecule has 2 amide bonds. The van der Waals surface area contributed by atoms with Crippen LogP contribution in [0.3, 0.4) is 0 Å². The molecule has 0 spiro atoms. The van der Waals surface area contributed by atoms with Crippen LogP contribution in [0.1, 0.15) is 55.6 Å². The Morgan fingerprint density at radius 1 is 1.00 bits per heavy atom. The number of carbonyl (C=O) groups is 2. The van der Waals surface area contributed by atoms with Gasteiger partial charge in [-0.25, -0.2) is 0 Å². The molecule has 0 aromatic heterocycles. The number of fused-ring (bicyclic) bond motifs is 3. The monoisotopic (exact) mass is 362 g/mol. The molecular formula is C23H26N2O2. The standard InChI is InChI=1S/C23H26N2O2/c1-23(2,3)24-21(26)20-18-10-6-4-8-16(18)17-9-5-7-11-19(17)22(27)25(20)14-15-12-13-15/h4-11,15,20H,12-14H2,1-3H3,(H,24,26). The van der Waals surface area contributed by atoms with Crippen molar-refractivity contribution in [2.24, 2.45) is 5.92 Å². The molecule has 1 atom stereocenters. The van der Waals surface area contributed by atoms with Crippen molar-refractivity contribution in [3.63, 3.8) is 0 Å². The Kier molecular flexibility index (Phi) is 4.29. The highest BCUT2D eigenvalue weighted by molar-refractivity contribution is 6.06. The van der Waals surface area contributed by atoms with Crippen LogP contribution >= 0.6 is 0 Å². The molecule has 1 aliphatic heterocycles. The van der Waals surface area contributed by atoms with E-state index >= 15 is 0 Å². The van der Waals surface area contributed by atoms with E-state index in [1.807, 2.05) is 69.3 Å². The lowest BCUT2D eigenvalue weighted by Gasteiger charge is -2.33. The average molecular weight is 362 g/mol. The number of hydrogen-bond donors (Lipinski definition) is 1. The van der Waals surface area contributed by atoms with E-state index in [2.05, 4.69) is 5.32 Å². The number of nitrogens with zero attached hydrogens (tertiary/aromatic N) is 1. The van der Waals surface area contributed by atoms with Gasteiger partial charge in [-0.15, -0.1) is 0 Å². The summed E-state index contributed by atoms with van der Waals surface area (Å²) in [4.78, 5) is 28.6. The minimum Gasteiger partial charge on any atom is -0.349 e. The summed E-state index contributed by atoms with van der Waals surface area (Å²) in [5.41, 5.74) is 3.09. The first-order valence-electron chi connectivity index (χ1n) is 9.66. The highest BCUT2D eigenvalue weighted by Crippen LogP contribution is 2.41. The first kappa shape index (κ1) is 17.8. The van der Waals surface area contributed by atoms with Gasteiger partial charge in [0, 0.05) is 17.6 Å². The Morgan fingerprint density at radius 2 is 1.59 bits per heavy atom. The largest absolute Gasteiger partial charge is 0.349 e. The van der Waals surface area contributed by atoms with Gasteiger partial charge in [-0.3, -0.25) is 9.59 Å². The quantitative estimate of drug-likeness (QED) is 0.891. The summed E-state index contributed by atoms with van der Waals surface area (Å²) in [5, 5.41) is 3.10. The van der Waals surface area contributed by atoms with Crippen LogP contribution in [0.2, 0.25) is 0 Å². The molecule has 4 rings (SSSR count). The van der Waals surface area contributed by atoms with Crippen LogP contribution in [0.15, 0.2) is 48.5 Å². The normalized spacial score (nSPS) is 19.1. The van der Waals surface area contributed by atoms with E-state index in [-0.39, 0.29) is 17.4 Å². The maximum Gasteiger partial charge on any atom is 0.255 e. The molecule has 1 unspecified atom stereocenters. The minimum absolute atomic E-state index is 0.0530. The van der Waals surface area contributed by atoms with Gasteiger partial charge in [-0.05, 0) is 62.3 Å². The second-order valence-corrected chi connectivity index (χ2v) is 8.68. The van der Waals surface area contributed by atoms with Gasteiger partial charge in [0.15, 0.2) is 0 Å². The van der Waals surface area contributed by atoms with E-state index in [1.165, 1.54) is 0 Å². The van der Waals surface area contributed by atoms with Gasteiger partial charge in [0.2, 0.25) is 5.91 Å². The van der Waals surface area contributed by atoms with E-state index in [9.17, 15) is 9.59 Å². The topological polar surface area (TPSA) is 49.4 Å². The summed E-state index contributed by atoms with van der Waals surface area (Å²) in [5.74, 6) is 0.329. The van der Waals surface area contributed by atoms with Gasteiger partial charge in [0.05, 0.1) is 0 Å². The van der Waals surface area contributed by atoms with Crippen LogP contribution in [0.25, 0.3) is 11.1 Å². The summed E-state index contributed by atoms with van der Waals surface area (Å²) < 4.78 is 0. The van der Waals surface area contributed by atoms with Crippen LogP contribution in [-0.4, -0.2) is 28.8 Å². The molecule has 1 aliphatic carbocycles. The third-order valence-corrected chi connectivity index (χ3v) is 5.17. The zero-order chi connectivity index (χ0) is 19.2. The molecule has 4 heteroatoms. The molecule has 0 saturated heterocycles. The number of rotatable bonds is 3. The van der Waals surface area contributed by atoms with Crippen LogP contribution in [-0.2, 0) is 4.79 Å². The van der Waals surface area contributed by atoms with Gasteiger partial charge < -0.3 is 10.2 Å². The minimum atomic E-state index is -0.610. The number of hydrogen-bond acceptors (Lipinski definition) is 2. The van der Waals surface area contributed by atoms with E-state index in [1.54, 1.807) is 4.90 Å². The average Bonchev–Trinajstić information content (AvgIpc) is 3.44. The van der Waals surface area contributed by atoms with E-state index in [0.717, 1.165) is 29.5 Å². The number of amides is 2. The van der Waals surface area contributed by atoms with Crippen molar-refractivity contribution in [3.8, 4) is 11.1 Å². The smallest absolute Gasteiger partial charge is 0.255 e. The van der Waals surface area contributed by atoms with Crippen molar-refractivity contribution in [2.75, 3.05) is 6.54 Å². The second kappa shape index (κ2) is 6.52. The van der Waals surface area contributed by atoms with E-state index in [4.69, 9.17) is 0 Å². The van der Waals surface area contributed by atoms with Gasteiger partial charge in [0.25, 0.3) is 5.91 Å². The molecule has 27 heavy (non-hydrogen) atoms. The highest BCUT2D eigenvalue weighted by Gasteiger charge is 2.40. The van der Waals surface area contributed by atoms with Crippen LogP contribution in [0.5, 0.6) is 0 Å². The van der Waals surface area contributed by atoms with Gasteiger partial charge in [0.1, 0.15) is 6.04 Å². The molecule has 140 valence electrons. The predicted octanol–water partition coefficient (Wildman–Crippen LogP) is 4.18. The third-order valence-electron chi connectivity index (χ3n) is 5.17. The number of nitrogens with one attached hydrogen (secondary N) is 1. The van der Waals surface area contributed by atoms with Crippen LogP contribution in [0.4, 0.5) is 0 Å². The molecule has 2 aromatic rings. The SMILES string of the molecule is CC(C)(C)NC(=O)C1c2ccccc2-c2ccccc2C(=O)N1CC1CC1. The van der Waals surface area contributed by atoms with Gasteiger partial charge >= 0.3 is 0 Å². The van der Waals surface area contributed by atoms with Crippen LogP contribution < -0.4 is 5.32 Å². The molecule has 1 saturated carbocycles. The Morgan fingerprint density at radius 3 is 2.22 bits per heavy atom. The second-order valence-electron chi connectivity index (χ2n) is 8.68. The zero-order valence-corrected chi connectivity index (χ0v) is 16.2. The number of carbonyl (C=O) groups excluding carboxylic acids is 2. The molecule has 1 heterocycles. The van der Waals surface area contributed by atoms with E-state index in [0.29, 0.717) is 18.0 Å². The third kappa shape index (κ3) is 3.48. The first-order chi connectivity index (χ1) is 12.8. The lowest BCUT2D eigenvalue weighted by Crippen LogP contribution is -2.49. The Bertz CT molecular complexity index is 893. The maximum atomic E-state index is 13.5. The fraction of sp³-hybridized carbons (Fsp3) is 0.391. The summed E-state index contributed by atoms with van der Waals surface area (Å²) in [6, 6.07) is 15.0. The lowest BCUT2D eigenvalue weighted by atomic mass is 9.93. The van der Waals surface area contributed by atoms with Gasteiger partial charge in [-0.1, -0.05) is 42.5 Å². The molecule has 4 nitrogen and oxygen atoms in total. The molecule has 2 aromatic carbocycles. The van der Waals surface area contributed by atoms with Crippen LogP contribution in [0, 0.1) is 5.92 Å². The lowest BCUT2D eigenvalue weighted by molar-refractivity contribution is -0.127. The van der Waals surface area contributed by atoms with Crippen molar-refractivity contribution in [1.29, 1.82) is 0 Å². The molecular weight excluding hydrogens is 336 g/mol. The summed E-state index contributed by atoms with van der Waals surface area (Å²) >= 11 is 0. The van der Waals surface area contributed by atoms with E-state index < -0.39 is 6.04 Å². The Balaban J connectivity index is 1.88. The number of benzene rings is 2. The molecule has 0 bridgehead atoms. The highest BCUT2D eigenvalue weighted by atomic mass is 16.2. The predicted molar refractivity (Wildman–Crippen MR) is 106 cm³/mol. The van der Waals surface area contributed by atoms with Gasteiger partial charge in [-0.2, -0.15) is 0 Å². The summed E-state index contributed by atoms with van der Waals surface area (Å²) in [7, 11) is 0. The van der Waals surface area contributed by atoms with Crippen molar-refractivity contribution >= 4 is 11.8 Å². The fourth-order valence-electron chi connectivity index (χ4n) is 3.81. The Labute approximate surface area is 160 Å². The summed E-state index contributed by atoms with van der Waals surface area (Å²) in [6.45, 7) is 6.53. The van der Waals surface area contributed by atoms with Crippen molar-refractivity contribution in [3.05, 3.63) is 59.7 Å². The zero-order valence-electron chi connectivity index (χ0n) is 16.2. The summed E-state index contributed by atoms with van der Waals surface area (Å²) in [6.07, 6.45) is 2.25. The molecule has 2 aliphatic rings. The molecule has 1 fully saturated rings. The molecule has 1 N–H and O–H groups in total. The fourth-order valence-corrected chi connectivity index (χ4v) is 3.81. The molecule has 0 radical (unpaired) electrons. The first-order valence-corrected chi connectivity index (χ1v) is 9.66. The van der Waals surface area contributed by atoms with Crippen molar-refractivity contribution < 1.29 is 9.59 Å².